The van der Waals surface area contributed by atoms with Crippen molar-refractivity contribution in [3.8, 4) is 0 Å². The molecule has 0 aliphatic carbocycles. The van der Waals surface area contributed by atoms with Gasteiger partial charge in [-0.05, 0) is 73.2 Å². The molecule has 9 heteroatoms. The number of esters is 1. The Balaban J connectivity index is 1.88. The highest BCUT2D eigenvalue weighted by atomic mass is 35.5. The molecule has 3 aromatic carbocycles. The van der Waals surface area contributed by atoms with E-state index in [4.69, 9.17) is 11.6 Å². The van der Waals surface area contributed by atoms with Crippen LogP contribution in [0.1, 0.15) is 15.9 Å². The second-order valence-corrected chi connectivity index (χ2v) is 9.22. The molecule has 0 aromatic heterocycles. The van der Waals surface area contributed by atoms with Crippen LogP contribution in [0.2, 0.25) is 5.02 Å². The number of carbonyl (C=O) groups excluding carboxylic acids is 2. The highest BCUT2D eigenvalue weighted by Gasteiger charge is 2.27. The first kappa shape index (κ1) is 23.3. The molecule has 3 rings (SSSR count). The summed E-state index contributed by atoms with van der Waals surface area (Å²) in [5.41, 5.74) is 1.95. The largest absolute Gasteiger partial charge is 0.465 e. The highest BCUT2D eigenvalue weighted by molar-refractivity contribution is 7.92. The molecule has 0 aliphatic rings. The molecule has 32 heavy (non-hydrogen) atoms. The molecule has 0 bridgehead atoms. The fraction of sp³-hybridized carbons (Fsp3) is 0.130. The van der Waals surface area contributed by atoms with Crippen LogP contribution in [0.3, 0.4) is 0 Å². The summed E-state index contributed by atoms with van der Waals surface area (Å²) in [5.74, 6) is -1.04. The normalized spacial score (nSPS) is 11.0. The summed E-state index contributed by atoms with van der Waals surface area (Å²) in [6.45, 7) is 1.38. The minimum Gasteiger partial charge on any atom is -0.465 e. The number of halogens is 1. The average molecular weight is 473 g/mol. The van der Waals surface area contributed by atoms with Crippen LogP contribution in [0, 0.1) is 6.92 Å². The second kappa shape index (κ2) is 9.84. The van der Waals surface area contributed by atoms with Crippen molar-refractivity contribution in [2.24, 2.45) is 0 Å². The minimum atomic E-state index is -4.04. The van der Waals surface area contributed by atoms with Crippen LogP contribution in [0.25, 0.3) is 0 Å². The Hall–Kier alpha value is -3.36. The molecule has 1 N–H and O–H groups in total. The number of nitrogens with zero attached hydrogens (tertiary/aromatic N) is 1. The summed E-state index contributed by atoms with van der Waals surface area (Å²) in [6.07, 6.45) is 0. The Labute approximate surface area is 191 Å². The summed E-state index contributed by atoms with van der Waals surface area (Å²) in [5, 5.41) is 3.06. The summed E-state index contributed by atoms with van der Waals surface area (Å²) in [7, 11) is -2.77. The van der Waals surface area contributed by atoms with E-state index in [-0.39, 0.29) is 4.90 Å². The number of anilines is 2. The van der Waals surface area contributed by atoms with Gasteiger partial charge in [-0.25, -0.2) is 13.2 Å². The molecule has 0 aliphatic heterocycles. The van der Waals surface area contributed by atoms with Gasteiger partial charge in [-0.2, -0.15) is 0 Å². The van der Waals surface area contributed by atoms with E-state index >= 15 is 0 Å². The Morgan fingerprint density at radius 2 is 1.66 bits per heavy atom. The maximum absolute atomic E-state index is 13.3. The smallest absolute Gasteiger partial charge is 0.337 e. The maximum Gasteiger partial charge on any atom is 0.337 e. The predicted molar refractivity (Wildman–Crippen MR) is 124 cm³/mol. The Morgan fingerprint density at radius 1 is 1.00 bits per heavy atom. The zero-order valence-electron chi connectivity index (χ0n) is 17.4. The van der Waals surface area contributed by atoms with Crippen molar-refractivity contribution < 1.29 is 22.7 Å². The number of benzene rings is 3. The number of rotatable bonds is 7. The van der Waals surface area contributed by atoms with E-state index in [0.29, 0.717) is 22.0 Å². The first-order valence-electron chi connectivity index (χ1n) is 9.54. The second-order valence-electron chi connectivity index (χ2n) is 6.92. The van der Waals surface area contributed by atoms with Gasteiger partial charge < -0.3 is 10.1 Å². The SMILES string of the molecule is COC(=O)c1ccc(NC(=O)CN(c2cccc(C)c2)S(=O)(=O)c2ccc(Cl)cc2)cc1. The predicted octanol–water partition coefficient (Wildman–Crippen LogP) is 4.27. The molecule has 0 radical (unpaired) electrons. The topological polar surface area (TPSA) is 92.8 Å². The maximum atomic E-state index is 13.3. The van der Waals surface area contributed by atoms with Crippen LogP contribution < -0.4 is 9.62 Å². The number of amides is 1. The zero-order chi connectivity index (χ0) is 23.3. The van der Waals surface area contributed by atoms with E-state index in [1.807, 2.05) is 13.0 Å². The van der Waals surface area contributed by atoms with Gasteiger partial charge in [-0.3, -0.25) is 9.10 Å². The van der Waals surface area contributed by atoms with E-state index < -0.39 is 28.4 Å². The van der Waals surface area contributed by atoms with Crippen molar-refractivity contribution in [3.63, 3.8) is 0 Å². The number of hydrogen-bond acceptors (Lipinski definition) is 5. The van der Waals surface area contributed by atoms with Crippen molar-refractivity contribution >= 4 is 44.9 Å². The lowest BCUT2D eigenvalue weighted by atomic mass is 10.2. The van der Waals surface area contributed by atoms with E-state index in [0.717, 1.165) is 9.87 Å². The molecule has 0 saturated carbocycles. The third-order valence-corrected chi connectivity index (χ3v) is 6.61. The summed E-state index contributed by atoms with van der Waals surface area (Å²) in [4.78, 5) is 24.3. The number of ether oxygens (including phenoxy) is 1. The summed E-state index contributed by atoms with van der Waals surface area (Å²) < 4.78 is 32.4. The third kappa shape index (κ3) is 5.46. The molecule has 0 heterocycles. The van der Waals surface area contributed by atoms with Crippen LogP contribution in [0.15, 0.2) is 77.7 Å². The van der Waals surface area contributed by atoms with Gasteiger partial charge in [-0.15, -0.1) is 0 Å². The molecule has 0 unspecified atom stereocenters. The van der Waals surface area contributed by atoms with Gasteiger partial charge in [0.05, 0.1) is 23.3 Å². The lowest BCUT2D eigenvalue weighted by molar-refractivity contribution is -0.114. The number of sulfonamides is 1. The number of carbonyl (C=O) groups is 2. The van der Waals surface area contributed by atoms with E-state index in [1.165, 1.54) is 55.6 Å². The number of nitrogens with one attached hydrogen (secondary N) is 1. The molecule has 0 spiro atoms. The molecule has 3 aromatic rings. The molecular formula is C23H21ClN2O5S. The number of hydrogen-bond donors (Lipinski definition) is 1. The molecule has 0 atom stereocenters. The third-order valence-electron chi connectivity index (χ3n) is 4.57. The molecule has 0 saturated heterocycles. The molecule has 1 amide bonds. The Morgan fingerprint density at radius 3 is 2.25 bits per heavy atom. The van der Waals surface area contributed by atoms with Gasteiger partial charge >= 0.3 is 5.97 Å². The van der Waals surface area contributed by atoms with Crippen molar-refractivity contribution in [1.29, 1.82) is 0 Å². The van der Waals surface area contributed by atoms with Crippen LogP contribution in [0.5, 0.6) is 0 Å². The van der Waals surface area contributed by atoms with Gasteiger partial charge in [0.15, 0.2) is 0 Å². The number of methoxy groups -OCH3 is 1. The highest BCUT2D eigenvalue weighted by Crippen LogP contribution is 2.25. The summed E-state index contributed by atoms with van der Waals surface area (Å²) in [6, 6.07) is 18.7. The lowest BCUT2D eigenvalue weighted by Gasteiger charge is -2.24. The van der Waals surface area contributed by atoms with Crippen LogP contribution in [0.4, 0.5) is 11.4 Å². The first-order valence-corrected chi connectivity index (χ1v) is 11.4. The van der Waals surface area contributed by atoms with Crippen LogP contribution in [-0.2, 0) is 19.6 Å². The summed E-state index contributed by atoms with van der Waals surface area (Å²) >= 11 is 5.89. The number of aryl methyl sites for hydroxylation is 1. The quantitative estimate of drug-likeness (QED) is 0.518. The van der Waals surface area contributed by atoms with Gasteiger partial charge in [0.1, 0.15) is 6.54 Å². The Kier molecular flexibility index (Phi) is 7.17. The fourth-order valence-corrected chi connectivity index (χ4v) is 4.51. The van der Waals surface area contributed by atoms with Gasteiger partial charge in [0.2, 0.25) is 5.91 Å². The van der Waals surface area contributed by atoms with Crippen molar-refractivity contribution in [1.82, 2.24) is 0 Å². The van der Waals surface area contributed by atoms with E-state index in [2.05, 4.69) is 10.1 Å². The molecular weight excluding hydrogens is 452 g/mol. The monoisotopic (exact) mass is 472 g/mol. The molecule has 166 valence electrons. The molecule has 0 fully saturated rings. The van der Waals surface area contributed by atoms with Crippen LogP contribution in [-0.4, -0.2) is 33.9 Å². The first-order chi connectivity index (χ1) is 15.2. The average Bonchev–Trinajstić information content (AvgIpc) is 2.77. The Bertz CT molecular complexity index is 1230. The lowest BCUT2D eigenvalue weighted by Crippen LogP contribution is -2.38. The van der Waals surface area contributed by atoms with Crippen LogP contribution >= 0.6 is 11.6 Å². The fourth-order valence-electron chi connectivity index (χ4n) is 2.97. The van der Waals surface area contributed by atoms with Gasteiger partial charge in [0, 0.05) is 10.7 Å². The van der Waals surface area contributed by atoms with Crippen molar-refractivity contribution in [2.45, 2.75) is 11.8 Å². The van der Waals surface area contributed by atoms with Crippen molar-refractivity contribution in [3.05, 3.63) is 88.9 Å². The minimum absolute atomic E-state index is 0.0126. The standard InChI is InChI=1S/C23H21ClN2O5S/c1-16-4-3-5-20(14-16)26(32(29,30)21-12-8-18(24)9-13-21)15-22(27)25-19-10-6-17(7-11-19)23(28)31-2/h3-14H,15H2,1-2H3,(H,25,27). The van der Waals surface area contributed by atoms with E-state index in [1.54, 1.807) is 18.2 Å². The van der Waals surface area contributed by atoms with E-state index in [9.17, 15) is 18.0 Å². The zero-order valence-corrected chi connectivity index (χ0v) is 19.0. The van der Waals surface area contributed by atoms with Crippen molar-refractivity contribution in [2.75, 3.05) is 23.3 Å². The van der Waals surface area contributed by atoms with Gasteiger partial charge in [-0.1, -0.05) is 23.7 Å². The van der Waals surface area contributed by atoms with Gasteiger partial charge in [0.25, 0.3) is 10.0 Å². The molecule has 7 nitrogen and oxygen atoms in total.